The minimum absolute atomic E-state index is 0.271. The lowest BCUT2D eigenvalue weighted by Crippen LogP contribution is -2.34. The van der Waals surface area contributed by atoms with Gasteiger partial charge in [0.2, 0.25) is 0 Å². The summed E-state index contributed by atoms with van der Waals surface area (Å²) in [4.78, 5) is 14.5. The zero-order valence-electron chi connectivity index (χ0n) is 15.1. The molecule has 2 aromatic rings. The molecule has 0 unspecified atom stereocenters. The van der Waals surface area contributed by atoms with Gasteiger partial charge in [0, 0.05) is 31.4 Å². The minimum atomic E-state index is -4.56. The van der Waals surface area contributed by atoms with Crippen LogP contribution in [-0.2, 0) is 19.8 Å². The van der Waals surface area contributed by atoms with Crippen LogP contribution in [0.4, 0.5) is 13.2 Å². The fourth-order valence-corrected chi connectivity index (χ4v) is 3.16. The molecular weight excluding hydrogens is 343 g/mol. The van der Waals surface area contributed by atoms with Crippen LogP contribution in [0, 0.1) is 19.8 Å². The predicted molar refractivity (Wildman–Crippen MR) is 91.6 cm³/mol. The first kappa shape index (κ1) is 18.5. The second-order valence-corrected chi connectivity index (χ2v) is 6.95. The van der Waals surface area contributed by atoms with Crippen molar-refractivity contribution in [3.63, 3.8) is 0 Å². The average Bonchev–Trinajstić information content (AvgIpc) is 3.36. The van der Waals surface area contributed by atoms with Gasteiger partial charge in [0.1, 0.15) is 0 Å². The van der Waals surface area contributed by atoms with Gasteiger partial charge in [0.25, 0.3) is 5.91 Å². The van der Waals surface area contributed by atoms with Crippen LogP contribution in [0.2, 0.25) is 0 Å². The summed E-state index contributed by atoms with van der Waals surface area (Å²) in [7, 11) is 1.82. The van der Waals surface area contributed by atoms with E-state index in [-0.39, 0.29) is 12.1 Å². The van der Waals surface area contributed by atoms with E-state index < -0.39 is 17.6 Å². The van der Waals surface area contributed by atoms with Crippen LogP contribution in [0.3, 0.4) is 0 Å². The van der Waals surface area contributed by atoms with Gasteiger partial charge in [-0.2, -0.15) is 18.3 Å². The second kappa shape index (κ2) is 6.78. The fraction of sp³-hybridized carbons (Fsp3) is 0.474. The minimum Gasteiger partial charge on any atom is -0.334 e. The van der Waals surface area contributed by atoms with Crippen LogP contribution in [0.5, 0.6) is 0 Å². The molecule has 0 aliphatic heterocycles. The molecule has 140 valence electrons. The van der Waals surface area contributed by atoms with Gasteiger partial charge in [0.15, 0.2) is 0 Å². The van der Waals surface area contributed by atoms with Crippen molar-refractivity contribution >= 4 is 5.91 Å². The lowest BCUT2D eigenvalue weighted by Gasteiger charge is -2.24. The van der Waals surface area contributed by atoms with Gasteiger partial charge in [-0.05, 0) is 44.7 Å². The highest BCUT2D eigenvalue weighted by molar-refractivity contribution is 5.96. The molecule has 1 aromatic heterocycles. The Morgan fingerprint density at radius 3 is 2.46 bits per heavy atom. The summed E-state index contributed by atoms with van der Waals surface area (Å²) >= 11 is 0. The fourth-order valence-electron chi connectivity index (χ4n) is 3.16. The predicted octanol–water partition coefficient (Wildman–Crippen LogP) is 4.11. The first-order valence-corrected chi connectivity index (χ1v) is 8.63. The van der Waals surface area contributed by atoms with Crippen molar-refractivity contribution in [1.82, 2.24) is 14.7 Å². The number of nitrogens with zero attached hydrogens (tertiary/aromatic N) is 3. The molecule has 4 nitrogen and oxygen atoms in total. The van der Waals surface area contributed by atoms with E-state index in [1.165, 1.54) is 18.2 Å². The van der Waals surface area contributed by atoms with Crippen molar-refractivity contribution in [2.45, 2.75) is 39.4 Å². The van der Waals surface area contributed by atoms with Gasteiger partial charge >= 0.3 is 6.18 Å². The molecule has 1 heterocycles. The topological polar surface area (TPSA) is 38.1 Å². The highest BCUT2D eigenvalue weighted by Gasteiger charge is 2.37. The molecule has 0 atom stereocenters. The largest absolute Gasteiger partial charge is 0.417 e. The second-order valence-electron chi connectivity index (χ2n) is 6.95. The van der Waals surface area contributed by atoms with Crippen molar-refractivity contribution < 1.29 is 18.0 Å². The number of rotatable bonds is 5. The Balaban J connectivity index is 1.94. The van der Waals surface area contributed by atoms with E-state index in [2.05, 4.69) is 5.10 Å². The third-order valence-electron chi connectivity index (χ3n) is 4.93. The van der Waals surface area contributed by atoms with Crippen LogP contribution in [0.1, 0.15) is 45.7 Å². The molecule has 3 rings (SSSR count). The van der Waals surface area contributed by atoms with Crippen LogP contribution in [-0.4, -0.2) is 27.1 Å². The maximum Gasteiger partial charge on any atom is 0.417 e. The molecule has 0 N–H and O–H groups in total. The number of aromatic nitrogens is 2. The summed E-state index contributed by atoms with van der Waals surface area (Å²) in [5.74, 6) is -0.207. The normalized spacial score (nSPS) is 14.5. The molecule has 1 saturated carbocycles. The highest BCUT2D eigenvalue weighted by atomic mass is 19.4. The molecule has 7 heteroatoms. The van der Waals surface area contributed by atoms with Gasteiger partial charge in [-0.15, -0.1) is 0 Å². The Hall–Kier alpha value is -2.31. The van der Waals surface area contributed by atoms with Gasteiger partial charge in [0.05, 0.1) is 16.8 Å². The molecule has 1 aromatic carbocycles. The Morgan fingerprint density at radius 1 is 1.27 bits per heavy atom. The smallest absolute Gasteiger partial charge is 0.334 e. The first-order valence-electron chi connectivity index (χ1n) is 8.63. The molecule has 1 amide bonds. The third kappa shape index (κ3) is 3.76. The number of halogens is 3. The van der Waals surface area contributed by atoms with E-state index in [0.717, 1.165) is 35.9 Å². The molecular formula is C19H22F3N3O. The number of aryl methyl sites for hydroxylation is 2. The number of hydrogen-bond donors (Lipinski definition) is 0. The maximum absolute atomic E-state index is 13.3. The SMILES string of the molecule is Cc1nn(C)c(C)c1CN(CC1CC1)C(=O)c1ccccc1C(F)(F)F. The number of benzene rings is 1. The van der Waals surface area contributed by atoms with E-state index in [9.17, 15) is 18.0 Å². The monoisotopic (exact) mass is 365 g/mol. The average molecular weight is 365 g/mol. The Labute approximate surface area is 150 Å². The molecule has 0 bridgehead atoms. The van der Waals surface area contributed by atoms with Crippen LogP contribution >= 0.6 is 0 Å². The number of alkyl halides is 3. The molecule has 1 aliphatic rings. The molecule has 1 aliphatic carbocycles. The zero-order chi connectivity index (χ0) is 19.1. The van der Waals surface area contributed by atoms with E-state index in [1.54, 1.807) is 9.58 Å². The Morgan fingerprint density at radius 2 is 1.92 bits per heavy atom. The lowest BCUT2D eigenvalue weighted by atomic mass is 10.0. The van der Waals surface area contributed by atoms with Crippen molar-refractivity contribution in [2.75, 3.05) is 6.54 Å². The van der Waals surface area contributed by atoms with Gasteiger partial charge in [-0.1, -0.05) is 12.1 Å². The first-order chi connectivity index (χ1) is 12.2. The van der Waals surface area contributed by atoms with E-state index in [1.807, 2.05) is 20.9 Å². The maximum atomic E-state index is 13.3. The van der Waals surface area contributed by atoms with Gasteiger partial charge in [-0.25, -0.2) is 0 Å². The summed E-state index contributed by atoms with van der Waals surface area (Å²) in [6.07, 6.45) is -2.54. The van der Waals surface area contributed by atoms with Crippen molar-refractivity contribution in [2.24, 2.45) is 13.0 Å². The van der Waals surface area contributed by atoms with Crippen LogP contribution < -0.4 is 0 Å². The number of amides is 1. The molecule has 0 radical (unpaired) electrons. The van der Waals surface area contributed by atoms with Crippen LogP contribution in [0.25, 0.3) is 0 Å². The summed E-state index contributed by atoms with van der Waals surface area (Å²) in [6, 6.07) is 5.00. The van der Waals surface area contributed by atoms with Gasteiger partial charge in [-0.3, -0.25) is 9.48 Å². The van der Waals surface area contributed by atoms with Crippen molar-refractivity contribution in [3.05, 3.63) is 52.3 Å². The zero-order valence-corrected chi connectivity index (χ0v) is 15.1. The summed E-state index contributed by atoms with van der Waals surface area (Å²) in [5, 5.41) is 4.35. The lowest BCUT2D eigenvalue weighted by molar-refractivity contribution is -0.138. The Kier molecular flexibility index (Phi) is 4.82. The molecule has 1 fully saturated rings. The Bertz CT molecular complexity index is 822. The quantitative estimate of drug-likeness (QED) is 0.800. The standard InChI is InChI=1S/C19H22F3N3O/c1-12-16(13(2)24(3)23-12)11-25(10-14-8-9-14)18(26)15-6-4-5-7-17(15)19(20,21)22/h4-7,14H,8-11H2,1-3H3. The molecule has 0 saturated heterocycles. The molecule has 0 spiro atoms. The van der Waals surface area contributed by atoms with E-state index in [4.69, 9.17) is 0 Å². The van der Waals surface area contributed by atoms with E-state index >= 15 is 0 Å². The molecule has 26 heavy (non-hydrogen) atoms. The highest BCUT2D eigenvalue weighted by Crippen LogP contribution is 2.34. The van der Waals surface area contributed by atoms with E-state index in [0.29, 0.717) is 12.5 Å². The number of hydrogen-bond acceptors (Lipinski definition) is 2. The van der Waals surface area contributed by atoms with Crippen molar-refractivity contribution in [1.29, 1.82) is 0 Å². The summed E-state index contributed by atoms with van der Waals surface area (Å²) in [6.45, 7) is 4.50. The van der Waals surface area contributed by atoms with Gasteiger partial charge < -0.3 is 4.90 Å². The summed E-state index contributed by atoms with van der Waals surface area (Å²) < 4.78 is 41.7. The number of carbonyl (C=O) groups is 1. The number of carbonyl (C=O) groups excluding carboxylic acids is 1. The van der Waals surface area contributed by atoms with Crippen molar-refractivity contribution in [3.8, 4) is 0 Å². The third-order valence-corrected chi connectivity index (χ3v) is 4.93. The summed E-state index contributed by atoms with van der Waals surface area (Å²) in [5.41, 5.74) is 1.43. The van der Waals surface area contributed by atoms with Crippen LogP contribution in [0.15, 0.2) is 24.3 Å².